The summed E-state index contributed by atoms with van der Waals surface area (Å²) in [5, 5.41) is 2.65. The molecule has 2 rings (SSSR count). The van der Waals surface area contributed by atoms with Crippen LogP contribution >= 0.6 is 15.9 Å². The molecule has 0 aliphatic carbocycles. The number of pyridine rings is 2. The molecule has 0 aliphatic rings. The highest BCUT2D eigenvalue weighted by Crippen LogP contribution is 2.19. The van der Waals surface area contributed by atoms with Crippen LogP contribution in [0.4, 0.5) is 11.5 Å². The molecule has 3 N–H and O–H groups in total. The molecule has 0 spiro atoms. The summed E-state index contributed by atoms with van der Waals surface area (Å²) in [6.45, 7) is 0. The van der Waals surface area contributed by atoms with E-state index in [9.17, 15) is 4.79 Å². The summed E-state index contributed by atoms with van der Waals surface area (Å²) in [4.78, 5) is 19.8. The van der Waals surface area contributed by atoms with Crippen LogP contribution in [-0.4, -0.2) is 15.9 Å². The van der Waals surface area contributed by atoms with Gasteiger partial charge in [-0.15, -0.1) is 0 Å². The van der Waals surface area contributed by atoms with E-state index in [1.165, 1.54) is 12.4 Å². The van der Waals surface area contributed by atoms with Crippen LogP contribution in [0.1, 0.15) is 10.4 Å². The predicted octanol–water partition coefficient (Wildman–Crippen LogP) is 2.07. The van der Waals surface area contributed by atoms with Crippen LogP contribution in [0.25, 0.3) is 0 Å². The second-order valence-corrected chi connectivity index (χ2v) is 4.11. The lowest BCUT2D eigenvalue weighted by Crippen LogP contribution is -2.15. The van der Waals surface area contributed by atoms with Crippen LogP contribution in [0.2, 0.25) is 0 Å². The van der Waals surface area contributed by atoms with Gasteiger partial charge in [0.15, 0.2) is 0 Å². The fraction of sp³-hybridized carbons (Fsp3) is 0. The Bertz CT molecular complexity index is 559. The van der Waals surface area contributed by atoms with E-state index in [0.717, 1.165) is 0 Å². The first-order chi connectivity index (χ1) is 8.18. The Kier molecular flexibility index (Phi) is 3.34. The number of carbonyl (C=O) groups is 1. The third kappa shape index (κ3) is 2.59. The van der Waals surface area contributed by atoms with E-state index in [4.69, 9.17) is 5.73 Å². The minimum absolute atomic E-state index is 0.324. The van der Waals surface area contributed by atoms with Crippen molar-refractivity contribution in [3.8, 4) is 0 Å². The molecule has 0 atom stereocenters. The number of halogens is 1. The molecule has 86 valence electrons. The topological polar surface area (TPSA) is 80.9 Å². The van der Waals surface area contributed by atoms with E-state index in [1.54, 1.807) is 24.4 Å². The lowest BCUT2D eigenvalue weighted by atomic mass is 10.2. The molecule has 0 radical (unpaired) electrons. The standard InChI is InChI=1S/C11H9BrN4O/c12-8-2-1-4-15-10(8)16-11(17)7-6-14-5-3-9(7)13/h1-6H,(H2,13,14)(H,15,16,17). The smallest absolute Gasteiger partial charge is 0.260 e. The highest BCUT2D eigenvalue weighted by Gasteiger charge is 2.11. The van der Waals surface area contributed by atoms with Gasteiger partial charge in [0.2, 0.25) is 0 Å². The number of nitrogens with zero attached hydrogens (tertiary/aromatic N) is 2. The molecule has 0 aromatic carbocycles. The summed E-state index contributed by atoms with van der Waals surface area (Å²) in [5.74, 6) is 0.107. The summed E-state index contributed by atoms with van der Waals surface area (Å²) in [7, 11) is 0. The van der Waals surface area contributed by atoms with Crippen molar-refractivity contribution in [2.45, 2.75) is 0 Å². The Labute approximate surface area is 106 Å². The van der Waals surface area contributed by atoms with Gasteiger partial charge in [0.05, 0.1) is 10.0 Å². The van der Waals surface area contributed by atoms with Crippen molar-refractivity contribution in [1.82, 2.24) is 9.97 Å². The molecule has 2 heterocycles. The Morgan fingerprint density at radius 2 is 2.18 bits per heavy atom. The Hall–Kier alpha value is -1.95. The van der Waals surface area contributed by atoms with Crippen LogP contribution in [0.15, 0.2) is 41.3 Å². The molecule has 1 amide bonds. The maximum Gasteiger partial charge on any atom is 0.260 e. The van der Waals surface area contributed by atoms with E-state index in [2.05, 4.69) is 31.2 Å². The number of anilines is 2. The zero-order chi connectivity index (χ0) is 12.3. The summed E-state index contributed by atoms with van der Waals surface area (Å²) < 4.78 is 0.704. The fourth-order valence-electron chi connectivity index (χ4n) is 1.25. The third-order valence-corrected chi connectivity index (χ3v) is 2.73. The number of aromatic nitrogens is 2. The molecule has 0 unspecified atom stereocenters. The largest absolute Gasteiger partial charge is 0.398 e. The summed E-state index contributed by atoms with van der Waals surface area (Å²) in [6.07, 6.45) is 4.54. The molecule has 5 nitrogen and oxygen atoms in total. The van der Waals surface area contributed by atoms with E-state index in [-0.39, 0.29) is 5.91 Å². The van der Waals surface area contributed by atoms with Gasteiger partial charge in [0.1, 0.15) is 5.82 Å². The van der Waals surface area contributed by atoms with Gasteiger partial charge in [-0.1, -0.05) is 0 Å². The van der Waals surface area contributed by atoms with Crippen molar-refractivity contribution in [3.05, 3.63) is 46.8 Å². The minimum Gasteiger partial charge on any atom is -0.398 e. The second-order valence-electron chi connectivity index (χ2n) is 3.25. The van der Waals surface area contributed by atoms with Crippen LogP contribution in [0.5, 0.6) is 0 Å². The maximum atomic E-state index is 11.9. The van der Waals surface area contributed by atoms with Crippen LogP contribution in [0.3, 0.4) is 0 Å². The van der Waals surface area contributed by atoms with E-state index in [1.807, 2.05) is 0 Å². The number of rotatable bonds is 2. The first-order valence-corrected chi connectivity index (χ1v) is 5.59. The van der Waals surface area contributed by atoms with Gasteiger partial charge >= 0.3 is 0 Å². The first-order valence-electron chi connectivity index (χ1n) is 4.80. The Morgan fingerprint density at radius 3 is 2.88 bits per heavy atom. The number of hydrogen-bond donors (Lipinski definition) is 2. The van der Waals surface area contributed by atoms with Gasteiger partial charge in [-0.25, -0.2) is 4.98 Å². The predicted molar refractivity (Wildman–Crippen MR) is 68.5 cm³/mol. The number of nitrogen functional groups attached to an aromatic ring is 1. The van der Waals surface area contributed by atoms with Gasteiger partial charge in [0, 0.05) is 24.3 Å². The molecular weight excluding hydrogens is 284 g/mol. The lowest BCUT2D eigenvalue weighted by Gasteiger charge is -2.07. The zero-order valence-electron chi connectivity index (χ0n) is 8.72. The second kappa shape index (κ2) is 4.92. The number of nitrogens with one attached hydrogen (secondary N) is 1. The molecule has 0 saturated carbocycles. The SMILES string of the molecule is Nc1ccncc1C(=O)Nc1ncccc1Br. The molecule has 2 aromatic heterocycles. The number of amides is 1. The Balaban J connectivity index is 2.24. The molecule has 17 heavy (non-hydrogen) atoms. The fourth-order valence-corrected chi connectivity index (χ4v) is 1.60. The van der Waals surface area contributed by atoms with Crippen LogP contribution in [0, 0.1) is 0 Å². The molecule has 0 bridgehead atoms. The van der Waals surface area contributed by atoms with E-state index >= 15 is 0 Å². The Morgan fingerprint density at radius 1 is 1.35 bits per heavy atom. The molecule has 0 aliphatic heterocycles. The molecule has 2 aromatic rings. The van der Waals surface area contributed by atoms with Crippen molar-refractivity contribution < 1.29 is 4.79 Å². The summed E-state index contributed by atoms with van der Waals surface area (Å²) >= 11 is 3.29. The number of nitrogens with two attached hydrogens (primary N) is 1. The highest BCUT2D eigenvalue weighted by atomic mass is 79.9. The van der Waals surface area contributed by atoms with Gasteiger partial charge in [-0.2, -0.15) is 0 Å². The molecule has 6 heteroatoms. The lowest BCUT2D eigenvalue weighted by molar-refractivity contribution is 0.102. The minimum atomic E-state index is -0.338. The summed E-state index contributed by atoms with van der Waals surface area (Å²) in [5.41, 5.74) is 6.38. The van der Waals surface area contributed by atoms with Crippen molar-refractivity contribution in [2.75, 3.05) is 11.1 Å². The quantitative estimate of drug-likeness (QED) is 0.888. The van der Waals surface area contributed by atoms with Gasteiger partial charge < -0.3 is 11.1 Å². The summed E-state index contributed by atoms with van der Waals surface area (Å²) in [6, 6.07) is 5.12. The monoisotopic (exact) mass is 292 g/mol. The first kappa shape index (κ1) is 11.5. The van der Waals surface area contributed by atoms with Crippen molar-refractivity contribution in [1.29, 1.82) is 0 Å². The highest BCUT2D eigenvalue weighted by molar-refractivity contribution is 9.10. The maximum absolute atomic E-state index is 11.9. The molecular formula is C11H9BrN4O. The average Bonchev–Trinajstić information content (AvgIpc) is 2.32. The van der Waals surface area contributed by atoms with Crippen molar-refractivity contribution >= 4 is 33.3 Å². The van der Waals surface area contributed by atoms with E-state index in [0.29, 0.717) is 21.5 Å². The van der Waals surface area contributed by atoms with Crippen molar-refractivity contribution in [3.63, 3.8) is 0 Å². The molecule has 0 saturated heterocycles. The van der Waals surface area contributed by atoms with E-state index < -0.39 is 0 Å². The molecule has 0 fully saturated rings. The normalized spacial score (nSPS) is 9.94. The van der Waals surface area contributed by atoms with Gasteiger partial charge in [-0.05, 0) is 34.1 Å². The number of hydrogen-bond acceptors (Lipinski definition) is 4. The number of carbonyl (C=O) groups excluding carboxylic acids is 1. The van der Waals surface area contributed by atoms with Gasteiger partial charge in [0.25, 0.3) is 5.91 Å². The van der Waals surface area contributed by atoms with Crippen LogP contribution < -0.4 is 11.1 Å². The van der Waals surface area contributed by atoms with Gasteiger partial charge in [-0.3, -0.25) is 9.78 Å². The average molecular weight is 293 g/mol. The van der Waals surface area contributed by atoms with Crippen molar-refractivity contribution in [2.24, 2.45) is 0 Å². The third-order valence-electron chi connectivity index (χ3n) is 2.09. The zero-order valence-corrected chi connectivity index (χ0v) is 10.3. The van der Waals surface area contributed by atoms with Crippen LogP contribution in [-0.2, 0) is 0 Å².